The third-order valence-corrected chi connectivity index (χ3v) is 5.50. The van der Waals surface area contributed by atoms with Crippen LogP contribution in [0.4, 0.5) is 11.6 Å². The van der Waals surface area contributed by atoms with Crippen LogP contribution in [0, 0.1) is 5.92 Å². The minimum absolute atomic E-state index is 0.173. The molecule has 0 unspecified atom stereocenters. The van der Waals surface area contributed by atoms with Gasteiger partial charge in [-0.25, -0.2) is 4.68 Å². The van der Waals surface area contributed by atoms with Crippen molar-refractivity contribution in [3.63, 3.8) is 0 Å². The molecule has 1 aliphatic rings. The van der Waals surface area contributed by atoms with E-state index in [4.69, 9.17) is 14.2 Å². The predicted molar refractivity (Wildman–Crippen MR) is 116 cm³/mol. The number of amides is 1. The Morgan fingerprint density at radius 2 is 1.84 bits per heavy atom. The molecular formula is C22H25N5O4. The number of nitrogens with one attached hydrogen (secondary N) is 2. The Morgan fingerprint density at radius 1 is 1.06 bits per heavy atom. The zero-order valence-electron chi connectivity index (χ0n) is 17.8. The van der Waals surface area contributed by atoms with Crippen molar-refractivity contribution < 1.29 is 19.0 Å². The second-order valence-electron chi connectivity index (χ2n) is 7.23. The van der Waals surface area contributed by atoms with Gasteiger partial charge in [0.25, 0.3) is 0 Å². The number of carbonyl (C=O) groups is 1. The van der Waals surface area contributed by atoms with Gasteiger partial charge in [-0.1, -0.05) is 12.1 Å². The standard InChI is InChI=1S/C22H25N5O4/c1-13-19(21(28)26-16-7-5-6-8-17(16)30-3)20(27-22(25-13)23-12-24-27)15-10-9-14(29-2)11-18(15)31-4/h5-13,19-20H,1-4H3,(H,26,28)(H,23,24,25)/t13-,19+,20+/m0/s1. The summed E-state index contributed by atoms with van der Waals surface area (Å²) in [6.45, 7) is 1.95. The molecule has 4 rings (SSSR count). The molecule has 9 heteroatoms. The molecule has 1 aromatic heterocycles. The number of anilines is 2. The molecule has 31 heavy (non-hydrogen) atoms. The fourth-order valence-corrected chi connectivity index (χ4v) is 4.00. The molecule has 3 atom stereocenters. The number of hydrogen-bond donors (Lipinski definition) is 2. The highest BCUT2D eigenvalue weighted by Gasteiger charge is 2.42. The summed E-state index contributed by atoms with van der Waals surface area (Å²) < 4.78 is 18.1. The number of aromatic nitrogens is 3. The maximum atomic E-state index is 13.6. The monoisotopic (exact) mass is 423 g/mol. The van der Waals surface area contributed by atoms with Crippen molar-refractivity contribution >= 4 is 17.5 Å². The summed E-state index contributed by atoms with van der Waals surface area (Å²) in [6, 6.07) is 12.2. The molecule has 0 spiro atoms. The van der Waals surface area contributed by atoms with Crippen molar-refractivity contribution in [3.05, 3.63) is 54.4 Å². The van der Waals surface area contributed by atoms with Gasteiger partial charge >= 0.3 is 0 Å². The summed E-state index contributed by atoms with van der Waals surface area (Å²) in [5.74, 6) is 1.77. The van der Waals surface area contributed by atoms with Crippen LogP contribution >= 0.6 is 0 Å². The summed E-state index contributed by atoms with van der Waals surface area (Å²) >= 11 is 0. The van der Waals surface area contributed by atoms with Crippen molar-refractivity contribution in [1.29, 1.82) is 0 Å². The average Bonchev–Trinajstić information content (AvgIpc) is 3.26. The van der Waals surface area contributed by atoms with Gasteiger partial charge in [0, 0.05) is 17.7 Å². The highest BCUT2D eigenvalue weighted by molar-refractivity contribution is 5.95. The van der Waals surface area contributed by atoms with Gasteiger partial charge < -0.3 is 24.8 Å². The summed E-state index contributed by atoms with van der Waals surface area (Å²) in [5, 5.41) is 10.7. The quantitative estimate of drug-likeness (QED) is 0.629. The Morgan fingerprint density at radius 3 is 2.58 bits per heavy atom. The van der Waals surface area contributed by atoms with E-state index in [-0.39, 0.29) is 11.9 Å². The molecule has 2 N–H and O–H groups in total. The lowest BCUT2D eigenvalue weighted by molar-refractivity contribution is -0.121. The normalized spacial score (nSPS) is 19.7. The van der Waals surface area contributed by atoms with Crippen molar-refractivity contribution in [1.82, 2.24) is 14.8 Å². The molecule has 2 aromatic carbocycles. The number of rotatable bonds is 6. The van der Waals surface area contributed by atoms with Gasteiger partial charge in [-0.2, -0.15) is 10.1 Å². The molecule has 0 radical (unpaired) electrons. The van der Waals surface area contributed by atoms with Crippen LogP contribution in [-0.4, -0.2) is 48.0 Å². The number of benzene rings is 2. The molecule has 0 saturated heterocycles. The van der Waals surface area contributed by atoms with Gasteiger partial charge in [-0.15, -0.1) is 0 Å². The van der Waals surface area contributed by atoms with E-state index in [2.05, 4.69) is 20.7 Å². The van der Waals surface area contributed by atoms with Crippen LogP contribution in [0.1, 0.15) is 18.5 Å². The second-order valence-corrected chi connectivity index (χ2v) is 7.23. The smallest absolute Gasteiger partial charge is 0.232 e. The SMILES string of the molecule is COc1ccc([C@@H]2[C@H](C(=O)Nc3ccccc3OC)[C@H](C)Nc3ncnn32)c(OC)c1. The molecule has 2 heterocycles. The van der Waals surface area contributed by atoms with E-state index in [9.17, 15) is 4.79 Å². The molecule has 1 amide bonds. The fourth-order valence-electron chi connectivity index (χ4n) is 4.00. The summed E-state index contributed by atoms with van der Waals surface area (Å²) in [7, 11) is 4.76. The molecule has 0 bridgehead atoms. The fraction of sp³-hybridized carbons (Fsp3) is 0.318. The first-order chi connectivity index (χ1) is 15.1. The maximum absolute atomic E-state index is 13.6. The molecule has 3 aromatic rings. The summed E-state index contributed by atoms with van der Waals surface area (Å²) in [5.41, 5.74) is 1.41. The predicted octanol–water partition coefficient (Wildman–Crippen LogP) is 2.96. The van der Waals surface area contributed by atoms with E-state index in [1.54, 1.807) is 38.1 Å². The number of ether oxygens (including phenoxy) is 3. The van der Waals surface area contributed by atoms with Crippen LogP contribution in [0.2, 0.25) is 0 Å². The highest BCUT2D eigenvalue weighted by atomic mass is 16.5. The minimum Gasteiger partial charge on any atom is -0.497 e. The molecule has 0 fully saturated rings. The summed E-state index contributed by atoms with van der Waals surface area (Å²) in [6.07, 6.45) is 1.47. The zero-order valence-corrected chi connectivity index (χ0v) is 17.8. The number of fused-ring (bicyclic) bond motifs is 1. The van der Waals surface area contributed by atoms with Crippen molar-refractivity contribution in [3.8, 4) is 17.2 Å². The number of nitrogens with zero attached hydrogens (tertiary/aromatic N) is 3. The van der Waals surface area contributed by atoms with Crippen LogP contribution < -0.4 is 24.8 Å². The maximum Gasteiger partial charge on any atom is 0.232 e. The van der Waals surface area contributed by atoms with E-state index in [0.717, 1.165) is 5.56 Å². The van der Waals surface area contributed by atoms with Crippen LogP contribution in [0.5, 0.6) is 17.2 Å². The van der Waals surface area contributed by atoms with Gasteiger partial charge in [-0.05, 0) is 31.2 Å². The van der Waals surface area contributed by atoms with Crippen LogP contribution in [0.3, 0.4) is 0 Å². The summed E-state index contributed by atoms with van der Waals surface area (Å²) in [4.78, 5) is 17.9. The zero-order chi connectivity index (χ0) is 22.0. The molecule has 0 aliphatic carbocycles. The Balaban J connectivity index is 1.78. The van der Waals surface area contributed by atoms with E-state index in [1.807, 2.05) is 37.3 Å². The first kappa shape index (κ1) is 20.5. The Kier molecular flexibility index (Phi) is 5.66. The molecule has 162 valence electrons. The van der Waals surface area contributed by atoms with E-state index in [0.29, 0.717) is 28.9 Å². The Bertz CT molecular complexity index is 1080. The first-order valence-electron chi connectivity index (χ1n) is 9.89. The third-order valence-electron chi connectivity index (χ3n) is 5.50. The third kappa shape index (κ3) is 3.74. The van der Waals surface area contributed by atoms with Crippen LogP contribution in [-0.2, 0) is 4.79 Å². The van der Waals surface area contributed by atoms with Gasteiger partial charge in [0.05, 0.1) is 39.0 Å². The second kappa shape index (κ2) is 8.55. The highest BCUT2D eigenvalue weighted by Crippen LogP contribution is 2.41. The minimum atomic E-state index is -0.513. The van der Waals surface area contributed by atoms with Gasteiger partial charge in [0.2, 0.25) is 11.9 Å². The van der Waals surface area contributed by atoms with E-state index in [1.165, 1.54) is 6.33 Å². The van der Waals surface area contributed by atoms with Gasteiger partial charge in [0.1, 0.15) is 23.6 Å². The van der Waals surface area contributed by atoms with Crippen LogP contribution in [0.15, 0.2) is 48.8 Å². The Hall–Kier alpha value is -3.75. The molecule has 1 aliphatic heterocycles. The van der Waals surface area contributed by atoms with Crippen molar-refractivity contribution in [2.24, 2.45) is 5.92 Å². The molecule has 9 nitrogen and oxygen atoms in total. The first-order valence-corrected chi connectivity index (χ1v) is 9.89. The lowest BCUT2D eigenvalue weighted by Gasteiger charge is -2.37. The van der Waals surface area contributed by atoms with Crippen molar-refractivity contribution in [2.45, 2.75) is 19.0 Å². The van der Waals surface area contributed by atoms with Crippen molar-refractivity contribution in [2.75, 3.05) is 32.0 Å². The van der Waals surface area contributed by atoms with E-state index >= 15 is 0 Å². The average molecular weight is 423 g/mol. The van der Waals surface area contributed by atoms with Gasteiger partial charge in [-0.3, -0.25) is 4.79 Å². The number of carbonyl (C=O) groups excluding carboxylic acids is 1. The molecular weight excluding hydrogens is 398 g/mol. The van der Waals surface area contributed by atoms with E-state index < -0.39 is 12.0 Å². The Labute approximate surface area is 180 Å². The lowest BCUT2D eigenvalue weighted by Crippen LogP contribution is -2.46. The van der Waals surface area contributed by atoms with Gasteiger partial charge in [0.15, 0.2) is 0 Å². The molecule has 0 saturated carbocycles. The number of methoxy groups -OCH3 is 3. The largest absolute Gasteiger partial charge is 0.497 e. The topological polar surface area (TPSA) is 99.5 Å². The number of hydrogen-bond acceptors (Lipinski definition) is 7. The van der Waals surface area contributed by atoms with Crippen LogP contribution in [0.25, 0.3) is 0 Å². The number of para-hydroxylation sites is 2. The lowest BCUT2D eigenvalue weighted by atomic mass is 9.85.